The van der Waals surface area contributed by atoms with Crippen molar-refractivity contribution in [2.75, 3.05) is 0 Å². The topological polar surface area (TPSA) is 46.0 Å². The maximum absolute atomic E-state index is 5.37. The van der Waals surface area contributed by atoms with Gasteiger partial charge in [0.05, 0.1) is 11.0 Å². The van der Waals surface area contributed by atoms with Gasteiger partial charge in [0.15, 0.2) is 0 Å². The molecule has 0 aliphatic heterocycles. The predicted octanol–water partition coefficient (Wildman–Crippen LogP) is 11.7. The van der Waals surface area contributed by atoms with Crippen molar-refractivity contribution in [3.05, 3.63) is 132 Å². The van der Waals surface area contributed by atoms with Gasteiger partial charge in [-0.2, -0.15) is 0 Å². The molecule has 43 heavy (non-hydrogen) atoms. The van der Waals surface area contributed by atoms with Crippen molar-refractivity contribution >= 4 is 28.1 Å². The molecule has 0 bridgehead atoms. The summed E-state index contributed by atoms with van der Waals surface area (Å²) in [6, 6.07) is 28.1. The molecular weight excluding hydrogens is 691 g/mol. The van der Waals surface area contributed by atoms with E-state index in [1.54, 1.807) is 0 Å². The molecule has 4 aromatic carbocycles. The van der Waals surface area contributed by atoms with Crippen LogP contribution in [-0.2, 0) is 39.3 Å². The first-order valence-corrected chi connectivity index (χ1v) is 14.5. The fourth-order valence-corrected chi connectivity index (χ4v) is 6.17. The minimum Gasteiger partial charge on any atom is -0.678 e. The second-order valence-electron chi connectivity index (χ2n) is 11.7. The molecule has 220 valence electrons. The van der Waals surface area contributed by atoms with E-state index in [0.29, 0.717) is 11.8 Å². The zero-order valence-electron chi connectivity index (χ0n) is 26.9. The third-order valence-corrected chi connectivity index (χ3v) is 8.20. The Morgan fingerprint density at radius 2 is 1.49 bits per heavy atom. The van der Waals surface area contributed by atoms with Crippen LogP contribution >= 0.6 is 0 Å². The molecular formula is C38H44HfN4. The molecule has 0 saturated carbocycles. The Hall–Kier alpha value is -3.18. The Labute approximate surface area is 278 Å². The second kappa shape index (κ2) is 14.1. The standard InChI is InChI=1S/C36H38N4.2CH3.Hf/c1-22(2)27-15-11-16-28(23(3)4)34(27)38-31-20-24(5)21-32-35(31)39-36(40(32)6)29-17-10-12-25-18-19-30(33(25)29)37-26-13-8-7-9-14-26;;;/h7-17,20-23,30H,18-19H2,1-6H3;2*1H3;/q-2;2*-1;+4. The van der Waals surface area contributed by atoms with E-state index in [1.165, 1.54) is 33.4 Å². The Morgan fingerprint density at radius 1 is 0.837 bits per heavy atom. The third kappa shape index (κ3) is 6.52. The molecule has 4 nitrogen and oxygen atoms in total. The average Bonchev–Trinajstić information content (AvgIpc) is 3.50. The third-order valence-electron chi connectivity index (χ3n) is 8.20. The number of hydrogen-bond acceptors (Lipinski definition) is 1. The quantitative estimate of drug-likeness (QED) is 0.121. The fourth-order valence-electron chi connectivity index (χ4n) is 6.17. The maximum Gasteiger partial charge on any atom is 4.00 e. The Kier molecular flexibility index (Phi) is 11.2. The molecule has 0 saturated heterocycles. The SMILES string of the molecule is Cc1cc([N-]c2c(C(C)C)cccc2C(C)C)c2nc(-c3cccc4c3C([N-]c3ccccc3)CC4)n(C)c2c1.[CH3-].[CH3-].[Hf+4]. The van der Waals surface area contributed by atoms with Crippen molar-refractivity contribution in [3.63, 3.8) is 0 Å². The summed E-state index contributed by atoms with van der Waals surface area (Å²) in [5, 5.41) is 10.5. The molecule has 1 aliphatic carbocycles. The van der Waals surface area contributed by atoms with Gasteiger partial charge in [0.2, 0.25) is 0 Å². The molecule has 0 N–H and O–H groups in total. The van der Waals surface area contributed by atoms with Crippen LogP contribution in [0.4, 0.5) is 17.1 Å². The molecule has 1 heterocycles. The zero-order valence-corrected chi connectivity index (χ0v) is 30.5. The average molecular weight is 735 g/mol. The number of nitrogens with zero attached hydrogens (tertiary/aromatic N) is 4. The van der Waals surface area contributed by atoms with E-state index in [-0.39, 0.29) is 46.7 Å². The smallest absolute Gasteiger partial charge is 0.678 e. The molecule has 1 aromatic heterocycles. The molecule has 1 atom stereocenters. The molecule has 1 unspecified atom stereocenters. The van der Waals surface area contributed by atoms with Crippen LogP contribution in [-0.4, -0.2) is 9.55 Å². The molecule has 0 radical (unpaired) electrons. The first-order chi connectivity index (χ1) is 19.3. The van der Waals surface area contributed by atoms with Crippen molar-refractivity contribution in [2.24, 2.45) is 7.05 Å². The van der Waals surface area contributed by atoms with Crippen LogP contribution in [0, 0.1) is 21.8 Å². The molecule has 1 aliphatic rings. The van der Waals surface area contributed by atoms with Crippen LogP contribution in [0.2, 0.25) is 0 Å². The van der Waals surface area contributed by atoms with E-state index < -0.39 is 0 Å². The van der Waals surface area contributed by atoms with Crippen LogP contribution in [0.1, 0.15) is 79.8 Å². The zero-order chi connectivity index (χ0) is 28.0. The summed E-state index contributed by atoms with van der Waals surface area (Å²) in [5.41, 5.74) is 12.7. The Morgan fingerprint density at radius 3 is 2.14 bits per heavy atom. The van der Waals surface area contributed by atoms with Crippen molar-refractivity contribution in [3.8, 4) is 11.4 Å². The van der Waals surface area contributed by atoms with Gasteiger partial charge < -0.3 is 30.1 Å². The number of hydrogen-bond donors (Lipinski definition) is 0. The number of benzene rings is 4. The van der Waals surface area contributed by atoms with E-state index in [9.17, 15) is 0 Å². The van der Waals surface area contributed by atoms with E-state index in [2.05, 4.69) is 119 Å². The summed E-state index contributed by atoms with van der Waals surface area (Å²) >= 11 is 0. The van der Waals surface area contributed by atoms with Gasteiger partial charge in [-0.05, 0) is 42.4 Å². The monoisotopic (exact) mass is 736 g/mol. The van der Waals surface area contributed by atoms with Gasteiger partial charge in [-0.1, -0.05) is 130 Å². The largest absolute Gasteiger partial charge is 4.00 e. The maximum atomic E-state index is 5.37. The first-order valence-electron chi connectivity index (χ1n) is 14.5. The number of aromatic nitrogens is 2. The molecule has 5 aromatic rings. The van der Waals surface area contributed by atoms with Gasteiger partial charge in [0.1, 0.15) is 5.82 Å². The molecule has 5 heteroatoms. The van der Waals surface area contributed by atoms with Crippen LogP contribution in [0.15, 0.2) is 78.9 Å². The number of para-hydroxylation sites is 2. The normalized spacial score (nSPS) is 13.7. The molecule has 0 spiro atoms. The van der Waals surface area contributed by atoms with Gasteiger partial charge in [0.25, 0.3) is 0 Å². The predicted molar refractivity (Wildman–Crippen MR) is 182 cm³/mol. The van der Waals surface area contributed by atoms with Crippen molar-refractivity contribution < 1.29 is 25.8 Å². The summed E-state index contributed by atoms with van der Waals surface area (Å²) in [4.78, 5) is 5.32. The fraction of sp³-hybridized carbons (Fsp3) is 0.289. The van der Waals surface area contributed by atoms with Gasteiger partial charge in [-0.15, -0.1) is 17.1 Å². The first kappa shape index (κ1) is 34.3. The summed E-state index contributed by atoms with van der Waals surface area (Å²) in [6.45, 7) is 11.1. The minimum absolute atomic E-state index is 0. The minimum atomic E-state index is 0. The second-order valence-corrected chi connectivity index (χ2v) is 11.7. The summed E-state index contributed by atoms with van der Waals surface area (Å²) in [5.74, 6) is 1.74. The Bertz CT molecular complexity index is 1660. The van der Waals surface area contributed by atoms with Gasteiger partial charge in [0, 0.05) is 12.6 Å². The number of aryl methyl sites for hydroxylation is 3. The van der Waals surface area contributed by atoms with Crippen LogP contribution in [0.25, 0.3) is 33.1 Å². The summed E-state index contributed by atoms with van der Waals surface area (Å²) < 4.78 is 2.24. The van der Waals surface area contributed by atoms with E-state index >= 15 is 0 Å². The van der Waals surface area contributed by atoms with Crippen molar-refractivity contribution in [1.82, 2.24) is 9.55 Å². The van der Waals surface area contributed by atoms with Gasteiger partial charge in [-0.3, -0.25) is 0 Å². The molecule has 0 fully saturated rings. The number of rotatable bonds is 7. The number of fused-ring (bicyclic) bond motifs is 2. The van der Waals surface area contributed by atoms with Gasteiger partial charge >= 0.3 is 25.8 Å². The summed E-state index contributed by atoms with van der Waals surface area (Å²) in [6.07, 6.45) is 2.06. The van der Waals surface area contributed by atoms with Crippen molar-refractivity contribution in [2.45, 2.75) is 65.3 Å². The van der Waals surface area contributed by atoms with E-state index in [4.69, 9.17) is 15.6 Å². The number of imidazole rings is 1. The van der Waals surface area contributed by atoms with Crippen LogP contribution in [0.5, 0.6) is 0 Å². The summed E-state index contributed by atoms with van der Waals surface area (Å²) in [7, 11) is 2.13. The Balaban J connectivity index is 0.00000169. The molecule has 0 amide bonds. The van der Waals surface area contributed by atoms with Crippen molar-refractivity contribution in [1.29, 1.82) is 0 Å². The van der Waals surface area contributed by atoms with Crippen LogP contribution in [0.3, 0.4) is 0 Å². The molecule has 6 rings (SSSR count). The van der Waals surface area contributed by atoms with E-state index in [1.807, 2.05) is 6.07 Å². The van der Waals surface area contributed by atoms with Crippen LogP contribution < -0.4 is 0 Å². The van der Waals surface area contributed by atoms with Gasteiger partial charge in [-0.25, -0.2) is 4.98 Å². The van der Waals surface area contributed by atoms with E-state index in [0.717, 1.165) is 46.8 Å².